The summed E-state index contributed by atoms with van der Waals surface area (Å²) in [6.45, 7) is 8.31. The van der Waals surface area contributed by atoms with E-state index in [1.54, 1.807) is 0 Å². The van der Waals surface area contributed by atoms with Gasteiger partial charge < -0.3 is 13.9 Å². The second-order valence-corrected chi connectivity index (χ2v) is 15.5. The Morgan fingerprint density at radius 1 is 0.467 bits per heavy atom. The number of benzene rings is 6. The van der Waals surface area contributed by atoms with Gasteiger partial charge in [0.25, 0.3) is 0 Å². The number of hydrogen-bond donors (Lipinski definition) is 0. The fraction of sp³-hybridized carbons (Fsp3) is 0.150. The lowest BCUT2D eigenvalue weighted by atomic mass is 9.78. The lowest BCUT2D eigenvalue weighted by Gasteiger charge is -2.32. The summed E-state index contributed by atoms with van der Waals surface area (Å²) in [5.41, 5.74) is 4.81. The summed E-state index contributed by atoms with van der Waals surface area (Å²) in [6.07, 6.45) is 0. The quantitative estimate of drug-likeness (QED) is 0.142. The van der Waals surface area contributed by atoms with Crippen LogP contribution in [0.3, 0.4) is 0 Å². The molecule has 0 unspecified atom stereocenters. The van der Waals surface area contributed by atoms with Gasteiger partial charge in [-0.3, -0.25) is 0 Å². The van der Waals surface area contributed by atoms with Crippen molar-refractivity contribution in [3.63, 3.8) is 0 Å². The first-order valence-corrected chi connectivity index (χ1v) is 17.2. The van der Waals surface area contributed by atoms with E-state index in [4.69, 9.17) is 9.31 Å². The first kappa shape index (κ1) is 29.5. The Balaban J connectivity index is 1.24. The summed E-state index contributed by atoms with van der Waals surface area (Å²) in [6, 6.07) is 49.4. The molecule has 7 rings (SSSR count). The standard InChI is InChI=1S/C40H36BO3P/c1-39(2)40(3,4)44-41(43-39)31-23-19-29(20-24-31)35-27-28-36(38-18-12-11-17-37(35)38)30-21-25-34(26-22-30)45(42,32-13-7-5-8-14-32)33-15-9-6-10-16-33/h5-28H,1-4H3. The zero-order chi connectivity index (χ0) is 31.2. The Hall–Kier alpha value is -4.21. The largest absolute Gasteiger partial charge is 0.494 e. The van der Waals surface area contributed by atoms with Crippen LogP contribution in [0, 0.1) is 0 Å². The third-order valence-corrected chi connectivity index (χ3v) is 12.5. The zero-order valence-corrected chi connectivity index (χ0v) is 27.0. The number of rotatable bonds is 6. The molecule has 222 valence electrons. The second kappa shape index (κ2) is 11.3. The lowest BCUT2D eigenvalue weighted by Crippen LogP contribution is -2.41. The smallest absolute Gasteiger partial charge is 0.399 e. The Labute approximate surface area is 266 Å². The van der Waals surface area contributed by atoms with Gasteiger partial charge in [0, 0.05) is 15.9 Å². The van der Waals surface area contributed by atoms with Crippen molar-refractivity contribution < 1.29 is 13.9 Å². The third kappa shape index (κ3) is 5.18. The van der Waals surface area contributed by atoms with Gasteiger partial charge in [-0.1, -0.05) is 146 Å². The minimum absolute atomic E-state index is 0.374. The van der Waals surface area contributed by atoms with Gasteiger partial charge >= 0.3 is 7.12 Å². The first-order valence-electron chi connectivity index (χ1n) is 15.5. The van der Waals surface area contributed by atoms with E-state index in [0.717, 1.165) is 38.1 Å². The van der Waals surface area contributed by atoms with Gasteiger partial charge in [0.1, 0.15) is 0 Å². The molecule has 1 saturated heterocycles. The summed E-state index contributed by atoms with van der Waals surface area (Å²) in [5, 5.41) is 4.85. The van der Waals surface area contributed by atoms with E-state index in [-0.39, 0.29) is 18.3 Å². The van der Waals surface area contributed by atoms with Crippen LogP contribution in [0.4, 0.5) is 0 Å². The number of hydrogen-bond acceptors (Lipinski definition) is 3. The maximum Gasteiger partial charge on any atom is 0.494 e. The molecule has 1 fully saturated rings. The molecular weight excluding hydrogens is 570 g/mol. The van der Waals surface area contributed by atoms with Crippen molar-refractivity contribution in [2.24, 2.45) is 0 Å². The van der Waals surface area contributed by atoms with Crippen molar-refractivity contribution in [3.8, 4) is 22.3 Å². The highest BCUT2D eigenvalue weighted by atomic mass is 31.2. The molecule has 0 bridgehead atoms. The Bertz CT molecular complexity index is 1960. The summed E-state index contributed by atoms with van der Waals surface area (Å²) >= 11 is 0. The van der Waals surface area contributed by atoms with Crippen LogP contribution < -0.4 is 21.4 Å². The second-order valence-electron chi connectivity index (χ2n) is 12.7. The van der Waals surface area contributed by atoms with Crippen LogP contribution in [0.2, 0.25) is 0 Å². The molecule has 0 spiro atoms. The minimum Gasteiger partial charge on any atom is -0.399 e. The lowest BCUT2D eigenvalue weighted by molar-refractivity contribution is 0.00578. The van der Waals surface area contributed by atoms with Gasteiger partial charge in [-0.05, 0) is 66.2 Å². The van der Waals surface area contributed by atoms with Gasteiger partial charge in [0.2, 0.25) is 0 Å². The molecule has 3 nitrogen and oxygen atoms in total. The fourth-order valence-electron chi connectivity index (χ4n) is 6.18. The Morgan fingerprint density at radius 3 is 1.29 bits per heavy atom. The molecular formula is C40H36BO3P. The molecule has 0 radical (unpaired) electrons. The SMILES string of the molecule is CC1(C)OB(c2ccc(-c3ccc(-c4ccc(P(=O)(c5ccccc5)c5ccccc5)cc4)c4ccccc34)cc2)OC1(C)C. The molecule has 0 saturated carbocycles. The van der Waals surface area contributed by atoms with Gasteiger partial charge in [0.15, 0.2) is 7.14 Å². The van der Waals surface area contributed by atoms with E-state index in [1.807, 2.05) is 72.8 Å². The van der Waals surface area contributed by atoms with E-state index < -0.39 is 7.14 Å². The molecule has 0 atom stereocenters. The predicted molar refractivity (Wildman–Crippen MR) is 190 cm³/mol. The molecule has 45 heavy (non-hydrogen) atoms. The minimum atomic E-state index is -3.03. The topological polar surface area (TPSA) is 35.5 Å². The summed E-state index contributed by atoms with van der Waals surface area (Å²) < 4.78 is 27.4. The zero-order valence-electron chi connectivity index (χ0n) is 26.1. The molecule has 5 heteroatoms. The normalized spacial score (nSPS) is 15.8. The van der Waals surface area contributed by atoms with Crippen LogP contribution in [0.1, 0.15) is 27.7 Å². The van der Waals surface area contributed by atoms with Gasteiger partial charge in [-0.15, -0.1) is 0 Å². The molecule has 6 aromatic carbocycles. The van der Waals surface area contributed by atoms with Crippen LogP contribution in [0.5, 0.6) is 0 Å². The molecule has 6 aromatic rings. The van der Waals surface area contributed by atoms with E-state index in [0.29, 0.717) is 0 Å². The Kier molecular flexibility index (Phi) is 7.41. The van der Waals surface area contributed by atoms with Crippen LogP contribution >= 0.6 is 7.14 Å². The predicted octanol–water partition coefficient (Wildman–Crippen LogP) is 8.11. The van der Waals surface area contributed by atoms with Crippen LogP contribution in [-0.4, -0.2) is 18.3 Å². The Morgan fingerprint density at radius 2 is 0.844 bits per heavy atom. The first-order chi connectivity index (χ1) is 21.7. The van der Waals surface area contributed by atoms with Crippen molar-refractivity contribution >= 4 is 46.4 Å². The maximum absolute atomic E-state index is 14.8. The molecule has 0 aliphatic carbocycles. The molecule has 1 aliphatic rings. The summed E-state index contributed by atoms with van der Waals surface area (Å²) in [7, 11) is -3.41. The summed E-state index contributed by atoms with van der Waals surface area (Å²) in [5.74, 6) is 0. The summed E-state index contributed by atoms with van der Waals surface area (Å²) in [4.78, 5) is 0. The van der Waals surface area contributed by atoms with Crippen LogP contribution in [0.25, 0.3) is 33.0 Å². The van der Waals surface area contributed by atoms with Crippen molar-refractivity contribution in [1.82, 2.24) is 0 Å². The van der Waals surface area contributed by atoms with E-state index in [1.165, 1.54) is 16.3 Å². The van der Waals surface area contributed by atoms with E-state index in [2.05, 4.69) is 100 Å². The molecule has 1 heterocycles. The van der Waals surface area contributed by atoms with E-state index >= 15 is 0 Å². The molecule has 0 amide bonds. The highest BCUT2D eigenvalue weighted by Gasteiger charge is 2.51. The number of fused-ring (bicyclic) bond motifs is 1. The molecule has 1 aliphatic heterocycles. The van der Waals surface area contributed by atoms with Crippen molar-refractivity contribution in [2.75, 3.05) is 0 Å². The van der Waals surface area contributed by atoms with Crippen molar-refractivity contribution in [1.29, 1.82) is 0 Å². The highest BCUT2D eigenvalue weighted by molar-refractivity contribution is 7.85. The molecule has 0 aromatic heterocycles. The van der Waals surface area contributed by atoms with Gasteiger partial charge in [0.05, 0.1) is 11.2 Å². The average molecular weight is 607 g/mol. The highest BCUT2D eigenvalue weighted by Crippen LogP contribution is 2.43. The fourth-order valence-corrected chi connectivity index (χ4v) is 8.82. The van der Waals surface area contributed by atoms with Crippen LogP contribution in [-0.2, 0) is 13.9 Å². The molecule has 0 N–H and O–H groups in total. The monoisotopic (exact) mass is 606 g/mol. The van der Waals surface area contributed by atoms with Crippen LogP contribution in [0.15, 0.2) is 146 Å². The maximum atomic E-state index is 14.8. The van der Waals surface area contributed by atoms with Gasteiger partial charge in [-0.25, -0.2) is 0 Å². The van der Waals surface area contributed by atoms with Gasteiger partial charge in [-0.2, -0.15) is 0 Å². The van der Waals surface area contributed by atoms with Crippen molar-refractivity contribution in [2.45, 2.75) is 38.9 Å². The van der Waals surface area contributed by atoms with Crippen molar-refractivity contribution in [3.05, 3.63) is 146 Å². The van der Waals surface area contributed by atoms with E-state index in [9.17, 15) is 4.57 Å². The average Bonchev–Trinajstić information content (AvgIpc) is 3.30. The third-order valence-electron chi connectivity index (χ3n) is 9.45.